The van der Waals surface area contributed by atoms with Crippen LogP contribution in [-0.4, -0.2) is 39.3 Å². The molecular formula is C23H24BrN3O3. The summed E-state index contributed by atoms with van der Waals surface area (Å²) in [6, 6.07) is 14.6. The molecule has 3 rings (SSSR count). The zero-order valence-electron chi connectivity index (χ0n) is 16.8. The van der Waals surface area contributed by atoms with Crippen molar-refractivity contribution in [2.75, 3.05) is 13.1 Å². The Morgan fingerprint density at radius 2 is 1.87 bits per heavy atom. The van der Waals surface area contributed by atoms with E-state index in [1.165, 1.54) is 4.90 Å². The second kappa shape index (κ2) is 10.1. The average Bonchev–Trinajstić information content (AvgIpc) is 3.39. The minimum Gasteiger partial charge on any atom is -0.467 e. The van der Waals surface area contributed by atoms with Crippen molar-refractivity contribution in [2.45, 2.75) is 13.1 Å². The minimum atomic E-state index is -0.215. The zero-order valence-corrected chi connectivity index (χ0v) is 18.4. The molecule has 0 radical (unpaired) electrons. The number of furan rings is 1. The summed E-state index contributed by atoms with van der Waals surface area (Å²) in [7, 11) is 1.94. The molecule has 2 amide bonds. The van der Waals surface area contributed by atoms with Gasteiger partial charge in [0.25, 0.3) is 5.91 Å². The molecule has 0 aliphatic heterocycles. The van der Waals surface area contributed by atoms with E-state index in [-0.39, 0.29) is 24.9 Å². The molecule has 0 unspecified atom stereocenters. The number of hydrogen-bond donors (Lipinski definition) is 0. The van der Waals surface area contributed by atoms with Crippen molar-refractivity contribution in [3.8, 4) is 0 Å². The third-order valence-corrected chi connectivity index (χ3v) is 5.27. The predicted molar refractivity (Wildman–Crippen MR) is 119 cm³/mol. The summed E-state index contributed by atoms with van der Waals surface area (Å²) < 4.78 is 8.30. The third-order valence-electron chi connectivity index (χ3n) is 4.74. The second-order valence-corrected chi connectivity index (χ2v) is 7.84. The fourth-order valence-corrected chi connectivity index (χ4v) is 3.36. The molecule has 2 heterocycles. The summed E-state index contributed by atoms with van der Waals surface area (Å²) in [5.41, 5.74) is 1.51. The van der Waals surface area contributed by atoms with Gasteiger partial charge in [0.1, 0.15) is 12.3 Å². The van der Waals surface area contributed by atoms with Crippen molar-refractivity contribution in [3.05, 3.63) is 95.1 Å². The number of rotatable bonds is 9. The molecule has 6 nitrogen and oxygen atoms in total. The van der Waals surface area contributed by atoms with Crippen molar-refractivity contribution in [1.29, 1.82) is 0 Å². The van der Waals surface area contributed by atoms with Crippen LogP contribution in [0.1, 0.15) is 21.8 Å². The minimum absolute atomic E-state index is 0.0496. The van der Waals surface area contributed by atoms with Gasteiger partial charge in [-0.05, 0) is 48.5 Å². The summed E-state index contributed by atoms with van der Waals surface area (Å²) in [5, 5.41) is 0. The number of carbonyl (C=O) groups is 2. The summed E-state index contributed by atoms with van der Waals surface area (Å²) in [4.78, 5) is 29.4. The summed E-state index contributed by atoms with van der Waals surface area (Å²) in [5.74, 6) is 0.305. The van der Waals surface area contributed by atoms with Crippen LogP contribution in [0.2, 0.25) is 0 Å². The largest absolute Gasteiger partial charge is 0.467 e. The Bertz CT molecular complexity index is 993. The Balaban J connectivity index is 1.78. The highest BCUT2D eigenvalue weighted by Gasteiger charge is 2.23. The van der Waals surface area contributed by atoms with E-state index in [9.17, 15) is 9.59 Å². The molecule has 1 aromatic carbocycles. The van der Waals surface area contributed by atoms with Gasteiger partial charge in [0.05, 0.1) is 19.4 Å². The Hall–Kier alpha value is -3.06. The van der Waals surface area contributed by atoms with Gasteiger partial charge in [0.2, 0.25) is 5.91 Å². The molecule has 0 atom stereocenters. The maximum atomic E-state index is 13.2. The van der Waals surface area contributed by atoms with Gasteiger partial charge in [-0.25, -0.2) is 0 Å². The van der Waals surface area contributed by atoms with E-state index in [0.29, 0.717) is 24.4 Å². The number of halogens is 1. The lowest BCUT2D eigenvalue weighted by atomic mass is 10.2. The van der Waals surface area contributed by atoms with Gasteiger partial charge in [-0.2, -0.15) is 0 Å². The number of aromatic nitrogens is 1. The lowest BCUT2D eigenvalue weighted by Crippen LogP contribution is -2.42. The van der Waals surface area contributed by atoms with Gasteiger partial charge in [0, 0.05) is 35.5 Å². The van der Waals surface area contributed by atoms with Crippen LogP contribution < -0.4 is 0 Å². The average molecular weight is 470 g/mol. The summed E-state index contributed by atoms with van der Waals surface area (Å²) >= 11 is 3.37. The predicted octanol–water partition coefficient (Wildman–Crippen LogP) is 4.24. The van der Waals surface area contributed by atoms with E-state index in [1.807, 2.05) is 36.0 Å². The van der Waals surface area contributed by atoms with Crippen LogP contribution in [0.25, 0.3) is 0 Å². The van der Waals surface area contributed by atoms with Crippen LogP contribution in [0.15, 0.2) is 82.5 Å². The van der Waals surface area contributed by atoms with E-state index >= 15 is 0 Å². The number of carbonyl (C=O) groups excluding carboxylic acids is 2. The van der Waals surface area contributed by atoms with Crippen LogP contribution >= 0.6 is 15.9 Å². The zero-order chi connectivity index (χ0) is 21.5. The molecule has 0 saturated heterocycles. The molecule has 0 N–H and O–H groups in total. The van der Waals surface area contributed by atoms with Crippen molar-refractivity contribution in [3.63, 3.8) is 0 Å². The Morgan fingerprint density at radius 1 is 1.10 bits per heavy atom. The van der Waals surface area contributed by atoms with Crippen LogP contribution in [0.5, 0.6) is 0 Å². The van der Waals surface area contributed by atoms with Gasteiger partial charge < -0.3 is 18.8 Å². The molecule has 0 spiro atoms. The molecular weight excluding hydrogens is 446 g/mol. The van der Waals surface area contributed by atoms with Crippen LogP contribution in [0.3, 0.4) is 0 Å². The number of aryl methyl sites for hydroxylation is 1. The number of hydrogen-bond acceptors (Lipinski definition) is 3. The normalized spacial score (nSPS) is 10.6. The van der Waals surface area contributed by atoms with Gasteiger partial charge in [-0.1, -0.05) is 22.0 Å². The fraction of sp³-hybridized carbons (Fsp3) is 0.217. The highest BCUT2D eigenvalue weighted by atomic mass is 79.9. The number of amides is 2. The highest BCUT2D eigenvalue weighted by Crippen LogP contribution is 2.15. The fourth-order valence-electron chi connectivity index (χ4n) is 3.09. The first-order chi connectivity index (χ1) is 14.5. The van der Waals surface area contributed by atoms with Crippen LogP contribution in [0.4, 0.5) is 0 Å². The van der Waals surface area contributed by atoms with Crippen molar-refractivity contribution in [1.82, 2.24) is 14.4 Å². The van der Waals surface area contributed by atoms with E-state index in [0.717, 1.165) is 10.2 Å². The maximum absolute atomic E-state index is 13.2. The quantitative estimate of drug-likeness (QED) is 0.440. The molecule has 2 aromatic heterocycles. The summed E-state index contributed by atoms with van der Waals surface area (Å²) in [6.07, 6.45) is 5.14. The first kappa shape index (κ1) is 21.6. The molecule has 156 valence electrons. The molecule has 30 heavy (non-hydrogen) atoms. The topological polar surface area (TPSA) is 58.7 Å². The number of benzene rings is 1. The molecule has 0 fully saturated rings. The number of nitrogens with zero attached hydrogens (tertiary/aromatic N) is 3. The van der Waals surface area contributed by atoms with E-state index < -0.39 is 0 Å². The van der Waals surface area contributed by atoms with Gasteiger partial charge >= 0.3 is 0 Å². The van der Waals surface area contributed by atoms with Gasteiger partial charge in [-0.3, -0.25) is 9.59 Å². The molecule has 0 aliphatic carbocycles. The Morgan fingerprint density at radius 3 is 2.47 bits per heavy atom. The van der Waals surface area contributed by atoms with Crippen molar-refractivity contribution in [2.24, 2.45) is 7.05 Å². The van der Waals surface area contributed by atoms with Gasteiger partial charge in [-0.15, -0.1) is 6.58 Å². The Labute approximate surface area is 184 Å². The smallest absolute Gasteiger partial charge is 0.254 e. The van der Waals surface area contributed by atoms with Crippen LogP contribution in [-0.2, 0) is 24.9 Å². The highest BCUT2D eigenvalue weighted by molar-refractivity contribution is 9.10. The van der Waals surface area contributed by atoms with Gasteiger partial charge in [0.15, 0.2) is 0 Å². The first-order valence-corrected chi connectivity index (χ1v) is 10.3. The van der Waals surface area contributed by atoms with Crippen molar-refractivity contribution >= 4 is 27.7 Å². The standard InChI is InChI=1S/C23H24BrN3O3/c1-3-12-26(23(29)18-8-10-19(24)11-9-18)17-22(28)27(16-21-7-5-14-30-21)15-20-6-4-13-25(20)2/h3-11,13-14H,1,12,15-17H2,2H3. The maximum Gasteiger partial charge on any atom is 0.254 e. The Kier molecular flexibility index (Phi) is 7.30. The van der Waals surface area contributed by atoms with E-state index in [2.05, 4.69) is 22.5 Å². The third kappa shape index (κ3) is 5.51. The SMILES string of the molecule is C=CCN(CC(=O)N(Cc1ccco1)Cc1cccn1C)C(=O)c1ccc(Br)cc1. The van der Waals surface area contributed by atoms with E-state index in [1.54, 1.807) is 47.6 Å². The molecule has 3 aromatic rings. The van der Waals surface area contributed by atoms with Crippen LogP contribution in [0, 0.1) is 0 Å². The van der Waals surface area contributed by atoms with E-state index in [4.69, 9.17) is 4.42 Å². The van der Waals surface area contributed by atoms with Crippen molar-refractivity contribution < 1.29 is 14.0 Å². The lowest BCUT2D eigenvalue weighted by molar-refractivity contribution is -0.133. The lowest BCUT2D eigenvalue weighted by Gasteiger charge is -2.27. The molecule has 0 aliphatic rings. The monoisotopic (exact) mass is 469 g/mol. The second-order valence-electron chi connectivity index (χ2n) is 6.92. The molecule has 0 saturated carbocycles. The summed E-state index contributed by atoms with van der Waals surface area (Å²) in [6.45, 7) is 4.70. The molecule has 0 bridgehead atoms. The first-order valence-electron chi connectivity index (χ1n) is 9.54. The molecule has 7 heteroatoms.